The van der Waals surface area contributed by atoms with Crippen molar-refractivity contribution in [2.24, 2.45) is 7.05 Å². The molecule has 4 nitrogen and oxygen atoms in total. The first kappa shape index (κ1) is 11.2. The summed E-state index contributed by atoms with van der Waals surface area (Å²) in [6.07, 6.45) is 0.857. The SMILES string of the molecule is CCc1nn(C)c(N)c1-c1nc2ccccc2s1. The number of anilines is 1. The Labute approximate surface area is 109 Å². The van der Waals surface area contributed by atoms with Gasteiger partial charge in [0.25, 0.3) is 0 Å². The number of rotatable bonds is 2. The van der Waals surface area contributed by atoms with E-state index >= 15 is 0 Å². The van der Waals surface area contributed by atoms with Crippen LogP contribution in [0.4, 0.5) is 5.82 Å². The number of fused-ring (bicyclic) bond motifs is 1. The van der Waals surface area contributed by atoms with E-state index in [1.807, 2.05) is 25.2 Å². The fourth-order valence-corrected chi connectivity index (χ4v) is 3.10. The maximum Gasteiger partial charge on any atom is 0.131 e. The van der Waals surface area contributed by atoms with Crippen molar-refractivity contribution in [1.29, 1.82) is 0 Å². The van der Waals surface area contributed by atoms with Gasteiger partial charge in [0.1, 0.15) is 10.8 Å². The molecule has 0 unspecified atom stereocenters. The molecule has 0 aliphatic rings. The zero-order valence-corrected chi connectivity index (χ0v) is 11.2. The van der Waals surface area contributed by atoms with E-state index in [2.05, 4.69) is 23.1 Å². The fraction of sp³-hybridized carbons (Fsp3) is 0.231. The largest absolute Gasteiger partial charge is 0.383 e. The van der Waals surface area contributed by atoms with Gasteiger partial charge in [-0.15, -0.1) is 11.3 Å². The van der Waals surface area contributed by atoms with Gasteiger partial charge in [0.15, 0.2) is 0 Å². The minimum atomic E-state index is 0.686. The normalized spacial score (nSPS) is 11.2. The summed E-state index contributed by atoms with van der Waals surface area (Å²) in [5.74, 6) is 0.686. The first-order chi connectivity index (χ1) is 8.70. The highest BCUT2D eigenvalue weighted by Crippen LogP contribution is 2.35. The van der Waals surface area contributed by atoms with Crippen LogP contribution in [0, 0.1) is 0 Å². The van der Waals surface area contributed by atoms with Crippen LogP contribution >= 0.6 is 11.3 Å². The zero-order chi connectivity index (χ0) is 12.7. The summed E-state index contributed by atoms with van der Waals surface area (Å²) >= 11 is 1.66. The Morgan fingerprint density at radius 1 is 1.33 bits per heavy atom. The lowest BCUT2D eigenvalue weighted by atomic mass is 10.2. The second-order valence-corrected chi connectivity index (χ2v) is 5.20. The van der Waals surface area contributed by atoms with Gasteiger partial charge in [-0.1, -0.05) is 19.1 Å². The molecule has 5 heteroatoms. The number of aryl methyl sites for hydroxylation is 2. The van der Waals surface area contributed by atoms with E-state index in [1.165, 1.54) is 4.70 Å². The van der Waals surface area contributed by atoms with Crippen LogP contribution in [-0.4, -0.2) is 14.8 Å². The van der Waals surface area contributed by atoms with Gasteiger partial charge in [-0.25, -0.2) is 4.98 Å². The van der Waals surface area contributed by atoms with E-state index in [9.17, 15) is 0 Å². The number of hydrogen-bond acceptors (Lipinski definition) is 4. The van der Waals surface area contributed by atoms with Crippen LogP contribution in [0.5, 0.6) is 0 Å². The van der Waals surface area contributed by atoms with E-state index < -0.39 is 0 Å². The van der Waals surface area contributed by atoms with Gasteiger partial charge in [0, 0.05) is 7.05 Å². The average molecular weight is 258 g/mol. The maximum absolute atomic E-state index is 6.10. The molecule has 0 fully saturated rings. The molecule has 3 aromatic rings. The maximum atomic E-state index is 6.10. The van der Waals surface area contributed by atoms with Crippen LogP contribution in [0.25, 0.3) is 20.8 Å². The van der Waals surface area contributed by atoms with E-state index in [0.29, 0.717) is 5.82 Å². The Bertz CT molecular complexity index is 678. The Balaban J connectivity index is 2.25. The molecule has 2 aromatic heterocycles. The molecule has 18 heavy (non-hydrogen) atoms. The third-order valence-electron chi connectivity index (χ3n) is 3.01. The van der Waals surface area contributed by atoms with E-state index in [4.69, 9.17) is 5.73 Å². The monoisotopic (exact) mass is 258 g/mol. The molecule has 0 saturated carbocycles. The standard InChI is InChI=1S/C13H14N4S/c1-3-8-11(12(14)17(2)16-8)13-15-9-6-4-5-7-10(9)18-13/h4-7H,3,14H2,1-2H3. The highest BCUT2D eigenvalue weighted by Gasteiger charge is 2.17. The summed E-state index contributed by atoms with van der Waals surface area (Å²) in [7, 11) is 1.87. The van der Waals surface area contributed by atoms with Crippen LogP contribution in [0.2, 0.25) is 0 Å². The molecule has 0 spiro atoms. The van der Waals surface area contributed by atoms with Crippen LogP contribution in [-0.2, 0) is 13.5 Å². The number of thiazole rings is 1. The Kier molecular flexibility index (Phi) is 2.56. The van der Waals surface area contributed by atoms with Crippen molar-refractivity contribution in [2.45, 2.75) is 13.3 Å². The minimum absolute atomic E-state index is 0.686. The van der Waals surface area contributed by atoms with E-state index in [0.717, 1.165) is 28.2 Å². The van der Waals surface area contributed by atoms with Crippen molar-refractivity contribution in [3.63, 3.8) is 0 Å². The van der Waals surface area contributed by atoms with Crippen LogP contribution < -0.4 is 5.73 Å². The van der Waals surface area contributed by atoms with Crippen LogP contribution in [0.15, 0.2) is 24.3 Å². The molecule has 92 valence electrons. The molecule has 0 atom stereocenters. The minimum Gasteiger partial charge on any atom is -0.383 e. The Morgan fingerprint density at radius 2 is 2.11 bits per heavy atom. The van der Waals surface area contributed by atoms with Gasteiger partial charge in [-0.05, 0) is 18.6 Å². The van der Waals surface area contributed by atoms with Gasteiger partial charge in [0.05, 0.1) is 21.5 Å². The topological polar surface area (TPSA) is 56.7 Å². The Hall–Kier alpha value is -1.88. The van der Waals surface area contributed by atoms with Crippen molar-refractivity contribution >= 4 is 27.4 Å². The van der Waals surface area contributed by atoms with Crippen molar-refractivity contribution in [2.75, 3.05) is 5.73 Å². The molecular weight excluding hydrogens is 244 g/mol. The van der Waals surface area contributed by atoms with Gasteiger partial charge in [-0.2, -0.15) is 5.10 Å². The number of benzene rings is 1. The molecule has 0 amide bonds. The molecule has 0 radical (unpaired) electrons. The van der Waals surface area contributed by atoms with Crippen LogP contribution in [0.3, 0.4) is 0 Å². The molecule has 1 aromatic carbocycles. The summed E-state index contributed by atoms with van der Waals surface area (Å²) in [4.78, 5) is 4.65. The third-order valence-corrected chi connectivity index (χ3v) is 4.06. The second kappa shape index (κ2) is 4.10. The first-order valence-corrected chi connectivity index (χ1v) is 6.69. The average Bonchev–Trinajstić information content (AvgIpc) is 2.91. The predicted octanol–water partition coefficient (Wildman–Crippen LogP) is 2.84. The summed E-state index contributed by atoms with van der Waals surface area (Å²) in [5.41, 5.74) is 9.11. The third kappa shape index (κ3) is 1.59. The van der Waals surface area contributed by atoms with Gasteiger partial charge < -0.3 is 5.73 Å². The van der Waals surface area contributed by atoms with Gasteiger partial charge in [0.2, 0.25) is 0 Å². The number of aromatic nitrogens is 3. The summed E-state index contributed by atoms with van der Waals surface area (Å²) in [6.45, 7) is 2.08. The highest BCUT2D eigenvalue weighted by atomic mass is 32.1. The van der Waals surface area contributed by atoms with Crippen molar-refractivity contribution in [1.82, 2.24) is 14.8 Å². The lowest BCUT2D eigenvalue weighted by Crippen LogP contribution is -1.97. The van der Waals surface area contributed by atoms with E-state index in [-0.39, 0.29) is 0 Å². The molecule has 0 aliphatic heterocycles. The predicted molar refractivity (Wildman–Crippen MR) is 75.6 cm³/mol. The van der Waals surface area contributed by atoms with E-state index in [1.54, 1.807) is 16.0 Å². The number of nitrogens with two attached hydrogens (primary N) is 1. The molecule has 2 heterocycles. The summed E-state index contributed by atoms with van der Waals surface area (Å²) < 4.78 is 2.90. The number of nitrogens with zero attached hydrogens (tertiary/aromatic N) is 3. The van der Waals surface area contributed by atoms with Gasteiger partial charge in [-0.3, -0.25) is 4.68 Å². The lowest BCUT2D eigenvalue weighted by Gasteiger charge is -1.97. The molecular formula is C13H14N4S. The lowest BCUT2D eigenvalue weighted by molar-refractivity contribution is 0.755. The fourth-order valence-electron chi connectivity index (χ4n) is 2.05. The number of nitrogen functional groups attached to an aromatic ring is 1. The zero-order valence-electron chi connectivity index (χ0n) is 10.3. The number of para-hydroxylation sites is 1. The summed E-state index contributed by atoms with van der Waals surface area (Å²) in [6, 6.07) is 8.12. The summed E-state index contributed by atoms with van der Waals surface area (Å²) in [5, 5.41) is 5.39. The van der Waals surface area contributed by atoms with Crippen molar-refractivity contribution < 1.29 is 0 Å². The molecule has 3 rings (SSSR count). The second-order valence-electron chi connectivity index (χ2n) is 4.17. The quantitative estimate of drug-likeness (QED) is 0.769. The van der Waals surface area contributed by atoms with Crippen molar-refractivity contribution in [3.05, 3.63) is 30.0 Å². The number of hydrogen-bond donors (Lipinski definition) is 1. The molecule has 2 N–H and O–H groups in total. The first-order valence-electron chi connectivity index (χ1n) is 5.88. The van der Waals surface area contributed by atoms with Crippen molar-refractivity contribution in [3.8, 4) is 10.6 Å². The molecule has 0 aliphatic carbocycles. The molecule has 0 saturated heterocycles. The smallest absolute Gasteiger partial charge is 0.131 e. The Morgan fingerprint density at radius 3 is 2.83 bits per heavy atom. The van der Waals surface area contributed by atoms with Gasteiger partial charge >= 0.3 is 0 Å². The van der Waals surface area contributed by atoms with Crippen LogP contribution in [0.1, 0.15) is 12.6 Å². The molecule has 0 bridgehead atoms. The highest BCUT2D eigenvalue weighted by molar-refractivity contribution is 7.21.